The Labute approximate surface area is 89.9 Å². The van der Waals surface area contributed by atoms with Gasteiger partial charge >= 0.3 is 0 Å². The van der Waals surface area contributed by atoms with Crippen molar-refractivity contribution in [3.8, 4) is 0 Å². The molecule has 0 atom stereocenters. The quantitative estimate of drug-likeness (QED) is 0.737. The van der Waals surface area contributed by atoms with Crippen molar-refractivity contribution >= 4 is 11.9 Å². The minimum Gasteiger partial charge on any atom is -0.500 e. The van der Waals surface area contributed by atoms with Gasteiger partial charge in [-0.3, -0.25) is 4.79 Å². The van der Waals surface area contributed by atoms with E-state index in [1.807, 2.05) is 36.4 Å². The molecule has 2 rings (SSSR count). The van der Waals surface area contributed by atoms with Gasteiger partial charge in [-0.05, 0) is 5.56 Å². The number of allylic oxidation sites excluding steroid dienone is 2. The van der Waals surface area contributed by atoms with Crippen LogP contribution in [0.4, 0.5) is 0 Å². The van der Waals surface area contributed by atoms with E-state index in [9.17, 15) is 4.79 Å². The molecule has 0 fully saturated rings. The number of ketones is 1. The summed E-state index contributed by atoms with van der Waals surface area (Å²) in [4.78, 5) is 10.1. The third-order valence-corrected chi connectivity index (χ3v) is 1.97. The van der Waals surface area contributed by atoms with E-state index in [0.717, 1.165) is 5.76 Å². The van der Waals surface area contributed by atoms with Gasteiger partial charge in [-0.2, -0.15) is 0 Å². The molecule has 0 radical (unpaired) electrons. The molecule has 1 aliphatic rings. The Morgan fingerprint density at radius 3 is 2.20 bits per heavy atom. The molecule has 2 nitrogen and oxygen atoms in total. The highest BCUT2D eigenvalue weighted by molar-refractivity contribution is 5.98. The van der Waals surface area contributed by atoms with Gasteiger partial charge in [0.05, 0.1) is 13.5 Å². The van der Waals surface area contributed by atoms with E-state index in [4.69, 9.17) is 4.74 Å². The summed E-state index contributed by atoms with van der Waals surface area (Å²) in [5.74, 6) is 0.960. The molecular formula is C13H14O2. The number of hydrogen-bond donors (Lipinski definition) is 0. The molecule has 0 aliphatic heterocycles. The number of ether oxygens (including phenoxy) is 1. The van der Waals surface area contributed by atoms with Crippen molar-refractivity contribution < 1.29 is 9.53 Å². The molecule has 1 aromatic rings. The summed E-state index contributed by atoms with van der Waals surface area (Å²) in [6, 6.07) is 10.0. The second-order valence-electron chi connectivity index (χ2n) is 3.07. The molecule has 15 heavy (non-hydrogen) atoms. The Morgan fingerprint density at radius 1 is 1.33 bits per heavy atom. The zero-order valence-corrected chi connectivity index (χ0v) is 8.77. The van der Waals surface area contributed by atoms with Gasteiger partial charge in [0.15, 0.2) is 5.78 Å². The third-order valence-electron chi connectivity index (χ3n) is 1.97. The number of carbonyl (C=O) groups is 1. The molecule has 0 aromatic heterocycles. The molecule has 0 saturated heterocycles. The lowest BCUT2D eigenvalue weighted by molar-refractivity contribution is -0.116. The number of hydrogen-bond acceptors (Lipinski definition) is 2. The topological polar surface area (TPSA) is 26.3 Å². The van der Waals surface area contributed by atoms with E-state index in [1.54, 1.807) is 7.11 Å². The Hall–Kier alpha value is -1.83. The van der Waals surface area contributed by atoms with Gasteiger partial charge in [-0.1, -0.05) is 43.0 Å². The van der Waals surface area contributed by atoms with Gasteiger partial charge in [0.2, 0.25) is 0 Å². The molecule has 1 aliphatic carbocycles. The minimum atomic E-state index is 0.164. The maximum atomic E-state index is 10.1. The van der Waals surface area contributed by atoms with Crippen LogP contribution in [0.15, 0.2) is 48.7 Å². The van der Waals surface area contributed by atoms with Crippen LogP contribution in [0.1, 0.15) is 12.0 Å². The fourth-order valence-corrected chi connectivity index (χ4v) is 1.04. The predicted octanol–water partition coefficient (Wildman–Crippen LogP) is 2.82. The lowest BCUT2D eigenvalue weighted by atomic mass is 10.1. The molecule has 0 spiro atoms. The summed E-state index contributed by atoms with van der Waals surface area (Å²) in [5, 5.41) is 0. The zero-order valence-electron chi connectivity index (χ0n) is 8.77. The largest absolute Gasteiger partial charge is 0.500 e. The molecule has 0 unspecified atom stereocenters. The molecule has 0 amide bonds. The Kier molecular flexibility index (Phi) is 4.35. The van der Waals surface area contributed by atoms with Crippen LogP contribution in [0.5, 0.6) is 0 Å². The van der Waals surface area contributed by atoms with Gasteiger partial charge in [0, 0.05) is 6.08 Å². The highest BCUT2D eigenvalue weighted by atomic mass is 16.5. The maximum absolute atomic E-state index is 10.1. The lowest BCUT2D eigenvalue weighted by Crippen LogP contribution is -2.08. The zero-order chi connectivity index (χ0) is 11.1. The molecule has 0 bridgehead atoms. The number of methoxy groups -OCH3 is 1. The van der Waals surface area contributed by atoms with Gasteiger partial charge in [0.1, 0.15) is 5.76 Å². The summed E-state index contributed by atoms with van der Waals surface area (Å²) < 4.78 is 4.70. The fourth-order valence-electron chi connectivity index (χ4n) is 1.04. The number of rotatable bonds is 2. The first-order valence-corrected chi connectivity index (χ1v) is 4.71. The van der Waals surface area contributed by atoms with Crippen molar-refractivity contribution in [2.75, 3.05) is 7.11 Å². The van der Waals surface area contributed by atoms with E-state index in [-0.39, 0.29) is 5.78 Å². The molecule has 0 saturated carbocycles. The van der Waals surface area contributed by atoms with E-state index in [0.29, 0.717) is 6.42 Å². The van der Waals surface area contributed by atoms with E-state index < -0.39 is 0 Å². The Bertz CT molecular complexity index is 363. The SMILES string of the molecule is C=Cc1ccccc1.COC1=CC(=O)C1. The average molecular weight is 202 g/mol. The van der Waals surface area contributed by atoms with Crippen LogP contribution < -0.4 is 0 Å². The van der Waals surface area contributed by atoms with Gasteiger partial charge in [-0.15, -0.1) is 0 Å². The Balaban J connectivity index is 0.000000151. The van der Waals surface area contributed by atoms with E-state index in [2.05, 4.69) is 6.58 Å². The first-order valence-electron chi connectivity index (χ1n) is 4.71. The first-order chi connectivity index (χ1) is 7.26. The maximum Gasteiger partial charge on any atom is 0.166 e. The van der Waals surface area contributed by atoms with Crippen LogP contribution in [0, 0.1) is 0 Å². The van der Waals surface area contributed by atoms with Crippen molar-refractivity contribution in [1.82, 2.24) is 0 Å². The standard InChI is InChI=1S/C8H8.C5H6O2/c1-2-8-6-4-3-5-7-8;1-7-5-2-4(6)3-5/h2-7H,1H2;2H,3H2,1H3. The van der Waals surface area contributed by atoms with Gasteiger partial charge < -0.3 is 4.74 Å². The fraction of sp³-hybridized carbons (Fsp3) is 0.154. The third kappa shape index (κ3) is 3.81. The number of benzene rings is 1. The van der Waals surface area contributed by atoms with Crippen LogP contribution in [-0.4, -0.2) is 12.9 Å². The molecule has 78 valence electrons. The van der Waals surface area contributed by atoms with Crippen LogP contribution >= 0.6 is 0 Å². The summed E-state index contributed by atoms with van der Waals surface area (Å²) in [6.45, 7) is 3.63. The predicted molar refractivity (Wildman–Crippen MR) is 61.2 cm³/mol. The van der Waals surface area contributed by atoms with Crippen molar-refractivity contribution in [2.45, 2.75) is 6.42 Å². The summed E-state index contributed by atoms with van der Waals surface area (Å²) in [7, 11) is 1.57. The first kappa shape index (κ1) is 11.2. The average Bonchev–Trinajstić information content (AvgIpc) is 2.27. The van der Waals surface area contributed by atoms with Gasteiger partial charge in [-0.25, -0.2) is 0 Å². The van der Waals surface area contributed by atoms with Crippen LogP contribution in [0.2, 0.25) is 0 Å². The van der Waals surface area contributed by atoms with Crippen molar-refractivity contribution in [2.24, 2.45) is 0 Å². The van der Waals surface area contributed by atoms with Crippen molar-refractivity contribution in [1.29, 1.82) is 0 Å². The second-order valence-corrected chi connectivity index (χ2v) is 3.07. The van der Waals surface area contributed by atoms with E-state index in [1.165, 1.54) is 11.6 Å². The van der Waals surface area contributed by atoms with Crippen LogP contribution in [0.3, 0.4) is 0 Å². The molecular weight excluding hydrogens is 188 g/mol. The monoisotopic (exact) mass is 202 g/mol. The van der Waals surface area contributed by atoms with Crippen LogP contribution in [0.25, 0.3) is 6.08 Å². The molecule has 0 N–H and O–H groups in total. The molecule has 1 aromatic carbocycles. The van der Waals surface area contributed by atoms with Crippen LogP contribution in [-0.2, 0) is 9.53 Å². The lowest BCUT2D eigenvalue weighted by Gasteiger charge is -2.09. The normalized spacial score (nSPS) is 12.9. The smallest absolute Gasteiger partial charge is 0.166 e. The highest BCUT2D eigenvalue weighted by Crippen LogP contribution is 2.13. The summed E-state index contributed by atoms with van der Waals surface area (Å²) >= 11 is 0. The minimum absolute atomic E-state index is 0.164. The summed E-state index contributed by atoms with van der Waals surface area (Å²) in [5.41, 5.74) is 1.17. The summed E-state index contributed by atoms with van der Waals surface area (Å²) in [6.07, 6.45) is 3.83. The second kappa shape index (κ2) is 5.81. The molecule has 2 heteroatoms. The Morgan fingerprint density at radius 2 is 1.93 bits per heavy atom. The highest BCUT2D eigenvalue weighted by Gasteiger charge is 2.13. The van der Waals surface area contributed by atoms with E-state index >= 15 is 0 Å². The van der Waals surface area contributed by atoms with Crippen molar-refractivity contribution in [3.63, 3.8) is 0 Å². The van der Waals surface area contributed by atoms with Crippen molar-refractivity contribution in [3.05, 3.63) is 54.3 Å². The molecule has 0 heterocycles. The number of carbonyl (C=O) groups excluding carboxylic acids is 1. The van der Waals surface area contributed by atoms with Gasteiger partial charge in [0.25, 0.3) is 0 Å².